The van der Waals surface area contributed by atoms with Crippen molar-refractivity contribution in [1.82, 2.24) is 9.55 Å². The Hall–Kier alpha value is -1.95. The Morgan fingerprint density at radius 3 is 2.67 bits per heavy atom. The van der Waals surface area contributed by atoms with E-state index in [1.165, 1.54) is 0 Å². The Kier molecular flexibility index (Phi) is 4.57. The molecule has 1 N–H and O–H groups in total. The molecule has 0 unspecified atom stereocenters. The second kappa shape index (κ2) is 6.22. The summed E-state index contributed by atoms with van der Waals surface area (Å²) in [6.07, 6.45) is 0.434. The summed E-state index contributed by atoms with van der Waals surface area (Å²) in [5, 5.41) is 10.8. The molecule has 2 aromatic heterocycles. The fourth-order valence-electron chi connectivity index (χ4n) is 2.33. The first-order chi connectivity index (χ1) is 9.90. The molecule has 0 spiro atoms. The van der Waals surface area contributed by atoms with E-state index in [0.717, 1.165) is 21.7 Å². The highest BCUT2D eigenvalue weighted by atomic mass is 32.1. The second-order valence-corrected chi connectivity index (χ2v) is 6.05. The number of carbonyl (C=O) groups is 1. The van der Waals surface area contributed by atoms with Gasteiger partial charge in [0.05, 0.1) is 6.54 Å². The van der Waals surface area contributed by atoms with Crippen molar-refractivity contribution in [3.05, 3.63) is 49.3 Å². The average Bonchev–Trinajstić information content (AvgIpc) is 2.79. The third-order valence-corrected chi connectivity index (χ3v) is 4.64. The van der Waals surface area contributed by atoms with Crippen molar-refractivity contribution in [2.24, 2.45) is 0 Å². The molecule has 0 aliphatic rings. The number of nitrogens with zero attached hydrogens (tertiary/aromatic N) is 2. The van der Waals surface area contributed by atoms with Gasteiger partial charge < -0.3 is 5.11 Å². The van der Waals surface area contributed by atoms with Crippen LogP contribution in [-0.2, 0) is 17.8 Å². The molecule has 0 amide bonds. The minimum absolute atomic E-state index is 0.0413. The van der Waals surface area contributed by atoms with Gasteiger partial charge in [-0.1, -0.05) is 0 Å². The summed E-state index contributed by atoms with van der Waals surface area (Å²) in [5.41, 5.74) is 3.15. The summed E-state index contributed by atoms with van der Waals surface area (Å²) in [5.74, 6) is -0.847. The van der Waals surface area contributed by atoms with Crippen molar-refractivity contribution in [3.8, 4) is 0 Å². The fourth-order valence-corrected chi connectivity index (χ4v) is 3.22. The minimum atomic E-state index is -0.847. The number of hydrogen-bond donors (Lipinski definition) is 1. The predicted octanol–water partition coefficient (Wildman–Crippen LogP) is 2.30. The van der Waals surface area contributed by atoms with E-state index >= 15 is 0 Å². The van der Waals surface area contributed by atoms with Gasteiger partial charge in [0.15, 0.2) is 0 Å². The van der Waals surface area contributed by atoms with Crippen molar-refractivity contribution in [3.63, 3.8) is 0 Å². The van der Waals surface area contributed by atoms with Gasteiger partial charge in [0.1, 0.15) is 0 Å². The van der Waals surface area contributed by atoms with Crippen LogP contribution in [-0.4, -0.2) is 20.6 Å². The third-order valence-electron chi connectivity index (χ3n) is 3.63. The molecular weight excluding hydrogens is 288 g/mol. The molecule has 0 atom stereocenters. The highest BCUT2D eigenvalue weighted by molar-refractivity contribution is 7.10. The van der Waals surface area contributed by atoms with E-state index in [9.17, 15) is 9.59 Å². The molecule has 6 heteroatoms. The van der Waals surface area contributed by atoms with Crippen molar-refractivity contribution in [2.75, 3.05) is 0 Å². The number of carboxylic acid groups (broad SMARTS) is 1. The molecule has 0 saturated heterocycles. The Morgan fingerprint density at radius 1 is 1.38 bits per heavy atom. The first kappa shape index (κ1) is 15.4. The monoisotopic (exact) mass is 306 g/mol. The lowest BCUT2D eigenvalue weighted by atomic mass is 10.1. The molecular formula is C15H18N2O3S. The number of aliphatic carboxylic acids is 1. The van der Waals surface area contributed by atoms with Crippen LogP contribution in [0, 0.1) is 20.8 Å². The van der Waals surface area contributed by atoms with Gasteiger partial charge in [-0.25, -0.2) is 4.79 Å². The molecule has 112 valence electrons. The quantitative estimate of drug-likeness (QED) is 0.920. The number of rotatable bonds is 5. The SMILES string of the molecule is Cc1ccsc1Cn1c(C)c(CCC(=O)O)c(C)nc1=O. The van der Waals surface area contributed by atoms with Gasteiger partial charge in [-0.2, -0.15) is 4.98 Å². The molecule has 0 fully saturated rings. The maximum atomic E-state index is 12.1. The third kappa shape index (κ3) is 3.39. The molecule has 0 radical (unpaired) electrons. The molecule has 5 nitrogen and oxygen atoms in total. The zero-order valence-electron chi connectivity index (χ0n) is 12.3. The van der Waals surface area contributed by atoms with Crippen molar-refractivity contribution < 1.29 is 9.90 Å². The van der Waals surface area contributed by atoms with Crippen molar-refractivity contribution in [1.29, 1.82) is 0 Å². The van der Waals surface area contributed by atoms with Crippen LogP contribution in [0.3, 0.4) is 0 Å². The number of aryl methyl sites for hydroxylation is 2. The molecule has 0 aliphatic carbocycles. The van der Waals surface area contributed by atoms with Crippen molar-refractivity contribution >= 4 is 17.3 Å². The molecule has 2 aromatic rings. The maximum Gasteiger partial charge on any atom is 0.348 e. The lowest BCUT2D eigenvalue weighted by molar-refractivity contribution is -0.136. The molecule has 0 aromatic carbocycles. The van der Waals surface area contributed by atoms with Crippen LogP contribution in [0.1, 0.15) is 33.8 Å². The minimum Gasteiger partial charge on any atom is -0.481 e. The molecule has 2 rings (SSSR count). The van der Waals surface area contributed by atoms with Crippen LogP contribution in [0.15, 0.2) is 16.2 Å². The van der Waals surface area contributed by atoms with Crippen LogP contribution in [0.5, 0.6) is 0 Å². The van der Waals surface area contributed by atoms with E-state index in [4.69, 9.17) is 5.11 Å². The predicted molar refractivity (Wildman–Crippen MR) is 82.1 cm³/mol. The van der Waals surface area contributed by atoms with Gasteiger partial charge in [0.2, 0.25) is 0 Å². The van der Waals surface area contributed by atoms with E-state index in [1.54, 1.807) is 22.8 Å². The summed E-state index contributed by atoms with van der Waals surface area (Å²) in [4.78, 5) is 28.1. The van der Waals surface area contributed by atoms with Crippen molar-refractivity contribution in [2.45, 2.75) is 40.2 Å². The summed E-state index contributed by atoms with van der Waals surface area (Å²) < 4.78 is 1.63. The Morgan fingerprint density at radius 2 is 2.10 bits per heavy atom. The molecule has 0 saturated carbocycles. The van der Waals surface area contributed by atoms with E-state index in [-0.39, 0.29) is 12.1 Å². The van der Waals surface area contributed by atoms with Crippen LogP contribution in [0.2, 0.25) is 0 Å². The van der Waals surface area contributed by atoms with E-state index < -0.39 is 5.97 Å². The summed E-state index contributed by atoms with van der Waals surface area (Å²) in [7, 11) is 0. The fraction of sp³-hybridized carbons (Fsp3) is 0.400. The van der Waals surface area contributed by atoms with Crippen LogP contribution in [0.4, 0.5) is 0 Å². The smallest absolute Gasteiger partial charge is 0.348 e. The lowest BCUT2D eigenvalue weighted by Crippen LogP contribution is -2.28. The Bertz CT molecular complexity index is 731. The lowest BCUT2D eigenvalue weighted by Gasteiger charge is -2.15. The number of hydrogen-bond acceptors (Lipinski definition) is 4. The van der Waals surface area contributed by atoms with E-state index in [0.29, 0.717) is 18.7 Å². The largest absolute Gasteiger partial charge is 0.481 e. The van der Waals surface area contributed by atoms with E-state index in [2.05, 4.69) is 4.98 Å². The summed E-state index contributed by atoms with van der Waals surface area (Å²) in [6, 6.07) is 2.02. The topological polar surface area (TPSA) is 72.2 Å². The van der Waals surface area contributed by atoms with E-state index in [1.807, 2.05) is 25.3 Å². The first-order valence-corrected chi connectivity index (χ1v) is 7.59. The molecule has 2 heterocycles. The Labute approximate surface area is 126 Å². The normalized spacial score (nSPS) is 10.8. The standard InChI is InChI=1S/C15H18N2O3S/c1-9-6-7-21-13(9)8-17-11(3)12(4-5-14(18)19)10(2)16-15(17)20/h6-7H,4-5,8H2,1-3H3,(H,18,19). The number of carboxylic acids is 1. The van der Waals surface area contributed by atoms with Gasteiger partial charge in [0.25, 0.3) is 0 Å². The van der Waals surface area contributed by atoms with Gasteiger partial charge >= 0.3 is 11.7 Å². The second-order valence-electron chi connectivity index (χ2n) is 5.05. The highest BCUT2D eigenvalue weighted by Gasteiger charge is 2.14. The number of aromatic nitrogens is 2. The number of thiophene rings is 1. The van der Waals surface area contributed by atoms with Gasteiger partial charge in [-0.15, -0.1) is 11.3 Å². The summed E-state index contributed by atoms with van der Waals surface area (Å²) in [6.45, 7) is 6.11. The van der Waals surface area contributed by atoms with Gasteiger partial charge in [-0.3, -0.25) is 9.36 Å². The van der Waals surface area contributed by atoms with Gasteiger partial charge in [0, 0.05) is 22.7 Å². The van der Waals surface area contributed by atoms with Gasteiger partial charge in [-0.05, 0) is 49.8 Å². The maximum absolute atomic E-state index is 12.1. The van der Waals surface area contributed by atoms with Crippen LogP contribution >= 0.6 is 11.3 Å². The Balaban J connectivity index is 2.41. The van der Waals surface area contributed by atoms with Crippen LogP contribution < -0.4 is 5.69 Å². The zero-order valence-corrected chi connectivity index (χ0v) is 13.2. The molecule has 0 bridgehead atoms. The molecule has 21 heavy (non-hydrogen) atoms. The highest BCUT2D eigenvalue weighted by Crippen LogP contribution is 2.19. The zero-order chi connectivity index (χ0) is 15.6. The molecule has 0 aliphatic heterocycles. The van der Waals surface area contributed by atoms with Crippen LogP contribution in [0.25, 0.3) is 0 Å². The summed E-state index contributed by atoms with van der Waals surface area (Å²) >= 11 is 1.61. The first-order valence-electron chi connectivity index (χ1n) is 6.72. The average molecular weight is 306 g/mol.